The van der Waals surface area contributed by atoms with Crippen LogP contribution in [-0.2, 0) is 4.79 Å². The summed E-state index contributed by atoms with van der Waals surface area (Å²) in [6, 6.07) is 5.39. The largest absolute Gasteiger partial charge is 0.506 e. The average Bonchev–Trinajstić information content (AvgIpc) is 2.63. The fourth-order valence-corrected chi connectivity index (χ4v) is 1.55. The number of hydrogen-bond acceptors (Lipinski definition) is 6. The summed E-state index contributed by atoms with van der Waals surface area (Å²) < 4.78 is 0. The minimum Gasteiger partial charge on any atom is -0.506 e. The molecule has 0 heterocycles. The Morgan fingerprint density at radius 3 is 2.40 bits per heavy atom. The van der Waals surface area contributed by atoms with E-state index in [2.05, 4.69) is 15.7 Å². The number of phenols is 1. The van der Waals surface area contributed by atoms with Gasteiger partial charge in [-0.15, -0.1) is 0 Å². The highest BCUT2D eigenvalue weighted by molar-refractivity contribution is 5.67. The number of carbonyl (C=O) groups is 1. The fraction of sp³-hybridized carbons (Fsp3) is 0.368. The molecule has 0 amide bonds. The number of anilines is 2. The molecule has 0 bridgehead atoms. The van der Waals surface area contributed by atoms with Crippen LogP contribution in [0.25, 0.3) is 0 Å². The highest BCUT2D eigenvalue weighted by atomic mass is 16.3. The number of aromatic hydroxyl groups is 1. The summed E-state index contributed by atoms with van der Waals surface area (Å²) in [6.45, 7) is 5.44. The second-order valence-electron chi connectivity index (χ2n) is 4.32. The second-order valence-corrected chi connectivity index (χ2v) is 4.32. The summed E-state index contributed by atoms with van der Waals surface area (Å²) in [5, 5.41) is 21.7. The van der Waals surface area contributed by atoms with Crippen molar-refractivity contribution < 1.29 is 9.90 Å². The van der Waals surface area contributed by atoms with Crippen LogP contribution >= 0.6 is 0 Å². The molecule has 25 heavy (non-hydrogen) atoms. The third kappa shape index (κ3) is 12.3. The smallest absolute Gasteiger partial charge is 0.142 e. The van der Waals surface area contributed by atoms with Crippen molar-refractivity contribution in [2.24, 2.45) is 5.10 Å². The predicted molar refractivity (Wildman–Crippen MR) is 110 cm³/mol. The van der Waals surface area contributed by atoms with Crippen LogP contribution < -0.4 is 15.6 Å². The van der Waals surface area contributed by atoms with Crippen LogP contribution in [0.5, 0.6) is 5.75 Å². The molecular weight excluding hydrogens is 316 g/mol. The van der Waals surface area contributed by atoms with Gasteiger partial charge in [0.05, 0.1) is 0 Å². The standard InChI is InChI=1S/C15H22N4O.C2H4O.C2H6/c1-16-10-6-4-5-7-11-18-19(3)14-9-8-13(17-2)12-15(14)20;1-2-3;1-2/h4-6,8-12,16-17,20H,7H2,1-3H3;2H,1H3;1-2H3/b5-4-,10-6-,18-11+;;. The van der Waals surface area contributed by atoms with Crippen LogP contribution in [0.3, 0.4) is 0 Å². The predicted octanol–water partition coefficient (Wildman–Crippen LogP) is 3.77. The first-order valence-corrected chi connectivity index (χ1v) is 8.26. The third-order valence-corrected chi connectivity index (χ3v) is 2.62. The van der Waals surface area contributed by atoms with E-state index in [-0.39, 0.29) is 5.75 Å². The zero-order valence-corrected chi connectivity index (χ0v) is 16.2. The van der Waals surface area contributed by atoms with Gasteiger partial charge in [-0.25, -0.2) is 0 Å². The Hall–Kier alpha value is -2.76. The Morgan fingerprint density at radius 2 is 1.88 bits per heavy atom. The normalized spacial score (nSPS) is 10.0. The zero-order valence-electron chi connectivity index (χ0n) is 16.2. The number of nitrogens with zero attached hydrogens (tertiary/aromatic N) is 2. The highest BCUT2D eigenvalue weighted by Crippen LogP contribution is 2.29. The van der Waals surface area contributed by atoms with Crippen molar-refractivity contribution in [3.8, 4) is 5.75 Å². The molecule has 0 aliphatic heterocycles. The molecule has 0 radical (unpaired) electrons. The Kier molecular flexibility index (Phi) is 17.2. The van der Waals surface area contributed by atoms with Crippen LogP contribution in [0.1, 0.15) is 27.2 Å². The van der Waals surface area contributed by atoms with Gasteiger partial charge >= 0.3 is 0 Å². The number of aldehydes is 1. The van der Waals surface area contributed by atoms with Gasteiger partial charge in [0.2, 0.25) is 0 Å². The highest BCUT2D eigenvalue weighted by Gasteiger charge is 2.05. The van der Waals surface area contributed by atoms with Crippen molar-refractivity contribution in [3.63, 3.8) is 0 Å². The Balaban J connectivity index is 0. The van der Waals surface area contributed by atoms with Crippen molar-refractivity contribution in [1.82, 2.24) is 5.32 Å². The molecule has 0 saturated heterocycles. The first-order valence-electron chi connectivity index (χ1n) is 8.26. The molecule has 1 aromatic rings. The van der Waals surface area contributed by atoms with Gasteiger partial charge in [-0.05, 0) is 31.3 Å². The quantitative estimate of drug-likeness (QED) is 0.303. The molecule has 0 saturated carbocycles. The molecule has 6 heteroatoms. The number of hydrogen-bond donors (Lipinski definition) is 3. The van der Waals surface area contributed by atoms with Crippen molar-refractivity contribution >= 4 is 23.9 Å². The van der Waals surface area contributed by atoms with Crippen LogP contribution in [0.15, 0.2) is 47.7 Å². The Morgan fingerprint density at radius 1 is 1.24 bits per heavy atom. The molecule has 0 fully saturated rings. The Labute approximate surface area is 151 Å². The monoisotopic (exact) mass is 348 g/mol. The lowest BCUT2D eigenvalue weighted by molar-refractivity contribution is -0.106. The van der Waals surface area contributed by atoms with Crippen LogP contribution in [0.2, 0.25) is 0 Å². The molecule has 1 rings (SSSR count). The molecule has 6 nitrogen and oxygen atoms in total. The van der Waals surface area contributed by atoms with Gasteiger partial charge < -0.3 is 20.5 Å². The van der Waals surface area contributed by atoms with Gasteiger partial charge in [0.25, 0.3) is 0 Å². The number of benzene rings is 1. The number of allylic oxidation sites excluding steroid dienone is 3. The molecule has 0 aliphatic rings. The van der Waals surface area contributed by atoms with Crippen LogP contribution in [-0.4, -0.2) is 38.8 Å². The fourth-order valence-electron chi connectivity index (χ4n) is 1.55. The summed E-state index contributed by atoms with van der Waals surface area (Å²) in [6.07, 6.45) is 11.0. The summed E-state index contributed by atoms with van der Waals surface area (Å²) in [4.78, 5) is 8.81. The number of carbonyl (C=O) groups excluding carboxylic acids is 1. The van der Waals surface area contributed by atoms with Crippen molar-refractivity contribution in [2.75, 3.05) is 31.5 Å². The molecule has 0 aromatic heterocycles. The lowest BCUT2D eigenvalue weighted by Gasteiger charge is -2.15. The van der Waals surface area contributed by atoms with Crippen molar-refractivity contribution in [1.29, 1.82) is 0 Å². The first kappa shape index (κ1) is 24.5. The van der Waals surface area contributed by atoms with Gasteiger partial charge in [-0.1, -0.05) is 26.0 Å². The van der Waals surface area contributed by atoms with E-state index in [1.165, 1.54) is 6.92 Å². The van der Waals surface area contributed by atoms with Crippen LogP contribution in [0.4, 0.5) is 11.4 Å². The summed E-state index contributed by atoms with van der Waals surface area (Å²) in [5.74, 6) is 0.198. The van der Waals surface area contributed by atoms with E-state index in [1.807, 2.05) is 64.5 Å². The number of nitrogens with one attached hydrogen (secondary N) is 2. The van der Waals surface area contributed by atoms with Gasteiger partial charge in [0, 0.05) is 45.5 Å². The van der Waals surface area contributed by atoms with Crippen LogP contribution in [0, 0.1) is 0 Å². The SMILES string of the molecule is CC.CC=O.CN/C=C\C=C/C/C=N/N(C)c1ccc(NC)cc1O. The molecule has 140 valence electrons. The van der Waals surface area contributed by atoms with E-state index in [1.54, 1.807) is 24.3 Å². The first-order chi connectivity index (χ1) is 12.1. The van der Waals surface area contributed by atoms with Gasteiger partial charge in [-0.3, -0.25) is 5.01 Å². The number of phenolic OH excluding ortho intramolecular Hbond substituents is 1. The molecule has 0 aliphatic carbocycles. The third-order valence-electron chi connectivity index (χ3n) is 2.62. The summed E-state index contributed by atoms with van der Waals surface area (Å²) >= 11 is 0. The molecule has 3 N–H and O–H groups in total. The van der Waals surface area contributed by atoms with E-state index >= 15 is 0 Å². The molecule has 1 aromatic carbocycles. The minimum atomic E-state index is 0.198. The lowest BCUT2D eigenvalue weighted by atomic mass is 10.2. The van der Waals surface area contributed by atoms with E-state index < -0.39 is 0 Å². The number of hydrazone groups is 1. The zero-order chi connectivity index (χ0) is 19.5. The summed E-state index contributed by atoms with van der Waals surface area (Å²) in [5.41, 5.74) is 1.53. The maximum absolute atomic E-state index is 9.91. The van der Waals surface area contributed by atoms with Crippen molar-refractivity contribution in [2.45, 2.75) is 27.2 Å². The maximum Gasteiger partial charge on any atom is 0.142 e. The number of rotatable bonds is 7. The summed E-state index contributed by atoms with van der Waals surface area (Å²) in [7, 11) is 5.47. The van der Waals surface area contributed by atoms with Gasteiger partial charge in [0.1, 0.15) is 17.7 Å². The average molecular weight is 348 g/mol. The molecule has 0 atom stereocenters. The van der Waals surface area contributed by atoms with E-state index in [0.717, 1.165) is 18.4 Å². The van der Waals surface area contributed by atoms with E-state index in [4.69, 9.17) is 4.79 Å². The maximum atomic E-state index is 9.91. The van der Waals surface area contributed by atoms with E-state index in [0.29, 0.717) is 5.69 Å². The molecular formula is C19H32N4O2. The second kappa shape index (κ2) is 17.6. The topological polar surface area (TPSA) is 77.0 Å². The van der Waals surface area contributed by atoms with Gasteiger partial charge in [0.15, 0.2) is 0 Å². The van der Waals surface area contributed by atoms with Crippen molar-refractivity contribution in [3.05, 3.63) is 42.6 Å². The van der Waals surface area contributed by atoms with E-state index in [9.17, 15) is 5.11 Å². The minimum absolute atomic E-state index is 0.198. The van der Waals surface area contributed by atoms with Gasteiger partial charge in [-0.2, -0.15) is 5.10 Å². The molecule has 0 unspecified atom stereocenters. The Bertz CT molecular complexity index is 540. The lowest BCUT2D eigenvalue weighted by Crippen LogP contribution is -2.08. The molecule has 0 spiro atoms.